The third-order valence-electron chi connectivity index (χ3n) is 3.48. The fourth-order valence-electron chi connectivity index (χ4n) is 2.16. The summed E-state index contributed by atoms with van der Waals surface area (Å²) < 4.78 is 32.9. The summed E-state index contributed by atoms with van der Waals surface area (Å²) in [5.41, 5.74) is 5.87. The molecule has 2 aromatic rings. The number of benzene rings is 2. The monoisotopic (exact) mass is 432 g/mol. The summed E-state index contributed by atoms with van der Waals surface area (Å²) in [6, 6.07) is 9.09. The van der Waals surface area contributed by atoms with Crippen molar-refractivity contribution in [2.45, 2.75) is 27.7 Å². The summed E-state index contributed by atoms with van der Waals surface area (Å²) >= 11 is 5.92. The molecule has 0 aliphatic carbocycles. The van der Waals surface area contributed by atoms with Gasteiger partial charge in [0.15, 0.2) is 11.6 Å². The van der Waals surface area contributed by atoms with Gasteiger partial charge in [0.1, 0.15) is 23.7 Å². The number of amides is 1. The van der Waals surface area contributed by atoms with E-state index in [2.05, 4.69) is 16.8 Å². The van der Waals surface area contributed by atoms with Gasteiger partial charge >= 0.3 is 0 Å². The third kappa shape index (κ3) is 7.34. The molecule has 30 heavy (non-hydrogen) atoms. The van der Waals surface area contributed by atoms with Crippen molar-refractivity contribution in [1.82, 2.24) is 0 Å². The van der Waals surface area contributed by atoms with Gasteiger partial charge in [0.2, 0.25) is 0 Å². The van der Waals surface area contributed by atoms with Crippen LogP contribution in [0.4, 0.5) is 8.78 Å². The zero-order valence-electron chi connectivity index (χ0n) is 17.2. The molecule has 2 rings (SSSR count). The molecule has 0 aliphatic heterocycles. The number of nitrogens with two attached hydrogens (primary N) is 1. The second-order valence-corrected chi connectivity index (χ2v) is 6.11. The molecule has 0 atom stereocenters. The Morgan fingerprint density at radius 3 is 2.57 bits per heavy atom. The van der Waals surface area contributed by atoms with Gasteiger partial charge in [-0.15, -0.1) is 0 Å². The van der Waals surface area contributed by atoms with Crippen LogP contribution in [0.15, 0.2) is 53.2 Å². The van der Waals surface area contributed by atoms with E-state index in [9.17, 15) is 13.6 Å². The van der Waals surface area contributed by atoms with Crippen molar-refractivity contribution >= 4 is 23.2 Å². The highest BCUT2D eigenvalue weighted by Gasteiger charge is 2.19. The van der Waals surface area contributed by atoms with Crippen molar-refractivity contribution in [1.29, 1.82) is 0 Å². The highest BCUT2D eigenvalue weighted by molar-refractivity contribution is 6.30. The standard InChI is InChI=1S/C21H17ClF2N2O2.C2H6/c1-3-16(8-7-14-5-4-6-15(22)11-14)26-13(2)12-28-18-10-9-17(23)19(20(18)24)21(25)27;1-2/h3-6,9-11H,12H2,1-2H3,(H2,25,27);1-2H3/b16-3-,26-13?;. The predicted molar refractivity (Wildman–Crippen MR) is 117 cm³/mol. The molecule has 0 aromatic heterocycles. The van der Waals surface area contributed by atoms with Crippen LogP contribution in [0.1, 0.15) is 43.6 Å². The minimum absolute atomic E-state index is 0.0864. The number of rotatable bonds is 5. The van der Waals surface area contributed by atoms with Gasteiger partial charge in [-0.2, -0.15) is 0 Å². The molecule has 4 nitrogen and oxygen atoms in total. The second-order valence-electron chi connectivity index (χ2n) is 5.67. The summed E-state index contributed by atoms with van der Waals surface area (Å²) in [6.07, 6.45) is 1.71. The maximum absolute atomic E-state index is 14.2. The van der Waals surface area contributed by atoms with E-state index in [1.54, 1.807) is 38.1 Å². The number of hydrogen-bond acceptors (Lipinski definition) is 3. The average Bonchev–Trinajstić information content (AvgIpc) is 2.72. The van der Waals surface area contributed by atoms with Crippen molar-refractivity contribution in [2.24, 2.45) is 10.7 Å². The molecular weight excluding hydrogens is 410 g/mol. The normalized spacial score (nSPS) is 11.0. The fraction of sp³-hybridized carbons (Fsp3) is 0.217. The number of primary amides is 1. The van der Waals surface area contributed by atoms with Crippen LogP contribution in [0, 0.1) is 23.5 Å². The molecule has 0 saturated heterocycles. The van der Waals surface area contributed by atoms with Crippen LogP contribution >= 0.6 is 11.6 Å². The molecule has 0 fully saturated rings. The Balaban J connectivity index is 0.00000218. The zero-order valence-corrected chi connectivity index (χ0v) is 18.0. The van der Waals surface area contributed by atoms with Crippen molar-refractivity contribution in [3.63, 3.8) is 0 Å². The Morgan fingerprint density at radius 1 is 1.27 bits per heavy atom. The maximum atomic E-state index is 14.2. The van der Waals surface area contributed by atoms with Crippen LogP contribution in [-0.4, -0.2) is 18.2 Å². The first-order chi connectivity index (χ1) is 14.3. The molecule has 2 N–H and O–H groups in total. The summed E-state index contributed by atoms with van der Waals surface area (Å²) in [6.45, 7) is 7.36. The predicted octanol–water partition coefficient (Wildman–Crippen LogP) is 5.54. The lowest BCUT2D eigenvalue weighted by atomic mass is 10.1. The minimum Gasteiger partial charge on any atom is -0.485 e. The van der Waals surface area contributed by atoms with E-state index >= 15 is 0 Å². The Hall–Kier alpha value is -3.17. The van der Waals surface area contributed by atoms with Gasteiger partial charge in [0.25, 0.3) is 5.91 Å². The Labute approximate surface area is 180 Å². The Morgan fingerprint density at radius 2 is 1.97 bits per heavy atom. The molecule has 1 amide bonds. The largest absolute Gasteiger partial charge is 0.485 e. The first-order valence-corrected chi connectivity index (χ1v) is 9.58. The first-order valence-electron chi connectivity index (χ1n) is 9.20. The van der Waals surface area contributed by atoms with Gasteiger partial charge in [-0.25, -0.2) is 13.8 Å². The van der Waals surface area contributed by atoms with Crippen LogP contribution < -0.4 is 10.5 Å². The molecule has 7 heteroatoms. The molecule has 0 unspecified atom stereocenters. The minimum atomic E-state index is -1.21. The van der Waals surface area contributed by atoms with Crippen LogP contribution in [0.25, 0.3) is 0 Å². The topological polar surface area (TPSA) is 64.7 Å². The highest BCUT2D eigenvalue weighted by atomic mass is 35.5. The molecule has 0 heterocycles. The van der Waals surface area contributed by atoms with Crippen molar-refractivity contribution in [3.8, 4) is 17.6 Å². The van der Waals surface area contributed by atoms with Gasteiger partial charge in [-0.3, -0.25) is 4.79 Å². The van der Waals surface area contributed by atoms with Gasteiger partial charge in [0.05, 0.1) is 5.71 Å². The molecule has 0 radical (unpaired) electrons. The van der Waals surface area contributed by atoms with Gasteiger partial charge in [-0.05, 0) is 50.1 Å². The Bertz CT molecular complexity index is 1020. The van der Waals surface area contributed by atoms with E-state index in [0.29, 0.717) is 16.4 Å². The number of halogens is 3. The van der Waals surface area contributed by atoms with Crippen molar-refractivity contribution < 1.29 is 18.3 Å². The van der Waals surface area contributed by atoms with Crippen molar-refractivity contribution in [2.75, 3.05) is 6.61 Å². The SMILES string of the molecule is C/C=C(/C#Cc1cccc(Cl)c1)N=C(C)COc1ccc(F)c(C(N)=O)c1F.CC. The number of allylic oxidation sites excluding steroid dienone is 2. The molecule has 0 spiro atoms. The molecule has 158 valence electrons. The van der Waals surface area contributed by atoms with E-state index < -0.39 is 23.1 Å². The zero-order chi connectivity index (χ0) is 22.7. The van der Waals surface area contributed by atoms with Crippen LogP contribution in [0.3, 0.4) is 0 Å². The second kappa shape index (κ2) is 12.4. The summed E-state index contributed by atoms with van der Waals surface area (Å²) in [5.74, 6) is 2.16. The molecule has 0 saturated carbocycles. The van der Waals surface area contributed by atoms with Gasteiger partial charge in [-0.1, -0.05) is 43.5 Å². The van der Waals surface area contributed by atoms with Crippen LogP contribution in [0.5, 0.6) is 5.75 Å². The first kappa shape index (κ1) is 24.9. The number of ether oxygens (including phenoxy) is 1. The third-order valence-corrected chi connectivity index (χ3v) is 3.72. The lowest BCUT2D eigenvalue weighted by molar-refractivity contribution is 0.0991. The van der Waals surface area contributed by atoms with E-state index in [1.165, 1.54) is 0 Å². The molecule has 0 bridgehead atoms. The van der Waals surface area contributed by atoms with E-state index in [-0.39, 0.29) is 12.4 Å². The lowest BCUT2D eigenvalue weighted by Gasteiger charge is -2.09. The summed E-state index contributed by atoms with van der Waals surface area (Å²) in [7, 11) is 0. The summed E-state index contributed by atoms with van der Waals surface area (Å²) in [5, 5.41) is 0.582. The van der Waals surface area contributed by atoms with Crippen LogP contribution in [0.2, 0.25) is 5.02 Å². The van der Waals surface area contributed by atoms with Crippen molar-refractivity contribution in [3.05, 3.63) is 76.0 Å². The fourth-order valence-corrected chi connectivity index (χ4v) is 2.35. The van der Waals surface area contributed by atoms with Gasteiger partial charge in [0, 0.05) is 10.6 Å². The Kier molecular flexibility index (Phi) is 10.3. The van der Waals surface area contributed by atoms with Crippen LogP contribution in [-0.2, 0) is 0 Å². The number of nitrogens with zero attached hydrogens (tertiary/aromatic N) is 1. The number of aliphatic imine (C=N–C) groups is 1. The lowest BCUT2D eigenvalue weighted by Crippen LogP contribution is -2.17. The molecular formula is C23H23ClF2N2O2. The maximum Gasteiger partial charge on any atom is 0.254 e. The molecule has 2 aromatic carbocycles. The average molecular weight is 433 g/mol. The number of carbonyl (C=O) groups excluding carboxylic acids is 1. The quantitative estimate of drug-likeness (QED) is 0.498. The number of hydrogen-bond donors (Lipinski definition) is 1. The number of carbonyl (C=O) groups is 1. The molecule has 0 aliphatic rings. The van der Waals surface area contributed by atoms with E-state index in [1.807, 2.05) is 19.9 Å². The van der Waals surface area contributed by atoms with E-state index in [4.69, 9.17) is 22.1 Å². The van der Waals surface area contributed by atoms with E-state index in [0.717, 1.165) is 17.7 Å². The summed E-state index contributed by atoms with van der Waals surface area (Å²) in [4.78, 5) is 15.5. The van der Waals surface area contributed by atoms with Gasteiger partial charge < -0.3 is 10.5 Å². The highest BCUT2D eigenvalue weighted by Crippen LogP contribution is 2.23. The smallest absolute Gasteiger partial charge is 0.254 e.